The lowest BCUT2D eigenvalue weighted by atomic mass is 9.80. The predicted molar refractivity (Wildman–Crippen MR) is 80.4 cm³/mol. The standard InChI is InChI=1S/C17H21NO2/c1-3-20-14-8-6-7-13-15(14)12(11-18-13)16(19)17(2)9-4-5-10-17/h6-8,11,18H,3-5,9-10H2,1-2H3. The normalized spacial score (nSPS) is 17.5. The van der Waals surface area contributed by atoms with Crippen LogP contribution in [0.3, 0.4) is 0 Å². The van der Waals surface area contributed by atoms with Crippen molar-refractivity contribution < 1.29 is 9.53 Å². The van der Waals surface area contributed by atoms with E-state index in [-0.39, 0.29) is 11.2 Å². The average Bonchev–Trinajstić information content (AvgIpc) is 3.06. The van der Waals surface area contributed by atoms with Gasteiger partial charge in [0.1, 0.15) is 5.75 Å². The van der Waals surface area contributed by atoms with Crippen LogP contribution in [-0.4, -0.2) is 17.4 Å². The monoisotopic (exact) mass is 271 g/mol. The van der Waals surface area contributed by atoms with E-state index in [9.17, 15) is 4.79 Å². The molecule has 3 heteroatoms. The Kier molecular flexibility index (Phi) is 3.28. The molecule has 1 aliphatic rings. The Hall–Kier alpha value is -1.77. The molecule has 20 heavy (non-hydrogen) atoms. The third kappa shape index (κ3) is 2.01. The van der Waals surface area contributed by atoms with Crippen LogP contribution in [0.15, 0.2) is 24.4 Å². The Morgan fingerprint density at radius 1 is 1.35 bits per heavy atom. The summed E-state index contributed by atoms with van der Waals surface area (Å²) in [7, 11) is 0. The molecule has 1 N–H and O–H groups in total. The van der Waals surface area contributed by atoms with Crippen molar-refractivity contribution in [1.29, 1.82) is 0 Å². The van der Waals surface area contributed by atoms with Gasteiger partial charge in [0.2, 0.25) is 0 Å². The van der Waals surface area contributed by atoms with Crippen LogP contribution in [0.2, 0.25) is 0 Å². The fourth-order valence-electron chi connectivity index (χ4n) is 3.31. The summed E-state index contributed by atoms with van der Waals surface area (Å²) in [5.41, 5.74) is 1.56. The average molecular weight is 271 g/mol. The van der Waals surface area contributed by atoms with Crippen LogP contribution in [0.1, 0.15) is 49.9 Å². The van der Waals surface area contributed by atoms with E-state index >= 15 is 0 Å². The molecule has 0 aliphatic heterocycles. The molecule has 3 rings (SSSR count). The van der Waals surface area contributed by atoms with Crippen molar-refractivity contribution in [2.45, 2.75) is 39.5 Å². The Morgan fingerprint density at radius 2 is 2.10 bits per heavy atom. The number of fused-ring (bicyclic) bond motifs is 1. The number of benzene rings is 1. The zero-order chi connectivity index (χ0) is 14.2. The number of carbonyl (C=O) groups excluding carboxylic acids is 1. The van der Waals surface area contributed by atoms with Gasteiger partial charge >= 0.3 is 0 Å². The van der Waals surface area contributed by atoms with E-state index in [0.29, 0.717) is 6.61 Å². The highest BCUT2D eigenvalue weighted by molar-refractivity contribution is 6.12. The van der Waals surface area contributed by atoms with Gasteiger partial charge in [0, 0.05) is 22.7 Å². The minimum atomic E-state index is -0.200. The maximum absolute atomic E-state index is 12.9. The molecule has 106 valence electrons. The molecule has 0 amide bonds. The molecule has 1 aliphatic carbocycles. The van der Waals surface area contributed by atoms with Crippen LogP contribution in [0.5, 0.6) is 5.75 Å². The van der Waals surface area contributed by atoms with Crippen LogP contribution < -0.4 is 4.74 Å². The molecule has 0 saturated heterocycles. The van der Waals surface area contributed by atoms with Gasteiger partial charge in [0.15, 0.2) is 5.78 Å². The molecular formula is C17H21NO2. The van der Waals surface area contributed by atoms with E-state index in [1.54, 1.807) is 0 Å². The SMILES string of the molecule is CCOc1cccc2[nH]cc(C(=O)C3(C)CCCC3)c12. The number of rotatable bonds is 4. The summed E-state index contributed by atoms with van der Waals surface area (Å²) in [6, 6.07) is 5.88. The first-order chi connectivity index (χ1) is 9.65. The molecule has 0 bridgehead atoms. The van der Waals surface area contributed by atoms with Crippen molar-refractivity contribution in [3.05, 3.63) is 30.0 Å². The fourth-order valence-corrected chi connectivity index (χ4v) is 3.31. The van der Waals surface area contributed by atoms with Crippen LogP contribution in [0.25, 0.3) is 10.9 Å². The first-order valence-corrected chi connectivity index (χ1v) is 7.43. The summed E-state index contributed by atoms with van der Waals surface area (Å²) in [6.45, 7) is 4.67. The number of Topliss-reactive ketones (excluding diaryl/α,β-unsaturated/α-hetero) is 1. The quantitative estimate of drug-likeness (QED) is 0.841. The molecule has 0 unspecified atom stereocenters. The Morgan fingerprint density at radius 3 is 2.80 bits per heavy atom. The minimum Gasteiger partial charge on any atom is -0.493 e. The van der Waals surface area contributed by atoms with Gasteiger partial charge in [-0.25, -0.2) is 0 Å². The molecule has 1 heterocycles. The predicted octanol–water partition coefficient (Wildman–Crippen LogP) is 4.33. The number of ketones is 1. The topological polar surface area (TPSA) is 42.1 Å². The second kappa shape index (κ2) is 4.97. The third-order valence-electron chi connectivity index (χ3n) is 4.47. The molecule has 1 fully saturated rings. The lowest BCUT2D eigenvalue weighted by Crippen LogP contribution is -2.24. The summed E-state index contributed by atoms with van der Waals surface area (Å²) in [6.07, 6.45) is 6.15. The van der Waals surface area contributed by atoms with Crippen molar-refractivity contribution in [3.63, 3.8) is 0 Å². The maximum atomic E-state index is 12.9. The van der Waals surface area contributed by atoms with Gasteiger partial charge < -0.3 is 9.72 Å². The number of aromatic amines is 1. The first-order valence-electron chi connectivity index (χ1n) is 7.43. The zero-order valence-corrected chi connectivity index (χ0v) is 12.2. The number of H-pyrrole nitrogens is 1. The van der Waals surface area contributed by atoms with Gasteiger partial charge in [0.05, 0.1) is 12.0 Å². The Labute approximate surface area is 119 Å². The zero-order valence-electron chi connectivity index (χ0n) is 12.2. The van der Waals surface area contributed by atoms with Crippen LogP contribution in [-0.2, 0) is 0 Å². The smallest absolute Gasteiger partial charge is 0.171 e. The fraction of sp³-hybridized carbons (Fsp3) is 0.471. The lowest BCUT2D eigenvalue weighted by molar-refractivity contribution is 0.0825. The molecule has 0 radical (unpaired) electrons. The van der Waals surface area contributed by atoms with Crippen molar-refractivity contribution in [2.24, 2.45) is 5.41 Å². The molecule has 0 spiro atoms. The van der Waals surface area contributed by atoms with Crippen molar-refractivity contribution in [3.8, 4) is 5.75 Å². The van der Waals surface area contributed by atoms with Crippen LogP contribution in [0, 0.1) is 5.41 Å². The van der Waals surface area contributed by atoms with E-state index in [2.05, 4.69) is 11.9 Å². The van der Waals surface area contributed by atoms with Gasteiger partial charge in [-0.15, -0.1) is 0 Å². The van der Waals surface area contributed by atoms with Gasteiger partial charge in [-0.1, -0.05) is 25.8 Å². The molecule has 1 saturated carbocycles. The van der Waals surface area contributed by atoms with Gasteiger partial charge in [-0.2, -0.15) is 0 Å². The molecule has 0 atom stereocenters. The van der Waals surface area contributed by atoms with Gasteiger partial charge in [0.25, 0.3) is 0 Å². The lowest BCUT2D eigenvalue weighted by Gasteiger charge is -2.21. The van der Waals surface area contributed by atoms with E-state index in [0.717, 1.165) is 47.9 Å². The van der Waals surface area contributed by atoms with E-state index < -0.39 is 0 Å². The van der Waals surface area contributed by atoms with Gasteiger partial charge in [-0.3, -0.25) is 4.79 Å². The number of hydrogen-bond donors (Lipinski definition) is 1. The van der Waals surface area contributed by atoms with E-state index in [1.165, 1.54) is 0 Å². The van der Waals surface area contributed by atoms with Gasteiger partial charge in [-0.05, 0) is 31.9 Å². The third-order valence-corrected chi connectivity index (χ3v) is 4.47. The Balaban J connectivity index is 2.09. The number of hydrogen-bond acceptors (Lipinski definition) is 2. The Bertz CT molecular complexity index is 635. The summed E-state index contributed by atoms with van der Waals surface area (Å²) < 4.78 is 5.69. The molecule has 3 nitrogen and oxygen atoms in total. The van der Waals surface area contributed by atoms with E-state index in [4.69, 9.17) is 4.74 Å². The first kappa shape index (κ1) is 13.2. The summed E-state index contributed by atoms with van der Waals surface area (Å²) in [5.74, 6) is 1.06. The molecular weight excluding hydrogens is 250 g/mol. The van der Waals surface area contributed by atoms with Crippen LogP contribution in [0.4, 0.5) is 0 Å². The summed E-state index contributed by atoms with van der Waals surface area (Å²) in [5, 5.41) is 0.937. The molecule has 1 aromatic carbocycles. The number of ether oxygens (including phenoxy) is 1. The number of aromatic nitrogens is 1. The largest absolute Gasteiger partial charge is 0.493 e. The highest BCUT2D eigenvalue weighted by atomic mass is 16.5. The highest BCUT2D eigenvalue weighted by Crippen LogP contribution is 2.42. The number of carbonyl (C=O) groups is 1. The molecule has 1 aromatic heterocycles. The second-order valence-corrected chi connectivity index (χ2v) is 5.91. The summed E-state index contributed by atoms with van der Waals surface area (Å²) in [4.78, 5) is 16.1. The summed E-state index contributed by atoms with van der Waals surface area (Å²) >= 11 is 0. The van der Waals surface area contributed by atoms with E-state index in [1.807, 2.05) is 31.3 Å². The highest BCUT2D eigenvalue weighted by Gasteiger charge is 2.38. The number of nitrogens with one attached hydrogen (secondary N) is 1. The molecule has 2 aromatic rings. The van der Waals surface area contributed by atoms with Crippen molar-refractivity contribution in [1.82, 2.24) is 4.98 Å². The maximum Gasteiger partial charge on any atom is 0.171 e. The van der Waals surface area contributed by atoms with Crippen molar-refractivity contribution in [2.75, 3.05) is 6.61 Å². The second-order valence-electron chi connectivity index (χ2n) is 5.91. The van der Waals surface area contributed by atoms with Crippen molar-refractivity contribution >= 4 is 16.7 Å². The minimum absolute atomic E-state index is 0.200. The van der Waals surface area contributed by atoms with Crippen LogP contribution >= 0.6 is 0 Å².